The molecule has 2 N–H and O–H groups in total. The van der Waals surface area contributed by atoms with E-state index in [-0.39, 0.29) is 0 Å². The summed E-state index contributed by atoms with van der Waals surface area (Å²) >= 11 is 0. The number of nitrogens with one attached hydrogen (secondary N) is 2. The van der Waals surface area contributed by atoms with Gasteiger partial charge in [-0.15, -0.1) is 0 Å². The Hall–Kier alpha value is -2.83. The fraction of sp³-hybridized carbons (Fsp3) is 0.333. The van der Waals surface area contributed by atoms with Crippen molar-refractivity contribution >= 4 is 11.8 Å². The fourth-order valence-corrected chi connectivity index (χ4v) is 2.79. The quantitative estimate of drug-likeness (QED) is 0.738. The van der Waals surface area contributed by atoms with Gasteiger partial charge in [-0.3, -0.25) is 20.4 Å². The highest BCUT2D eigenvalue weighted by Gasteiger charge is 2.35. The number of hydrazine groups is 1. The zero-order valence-corrected chi connectivity index (χ0v) is 15.9. The van der Waals surface area contributed by atoms with E-state index in [0.29, 0.717) is 5.92 Å². The van der Waals surface area contributed by atoms with Crippen LogP contribution in [0.4, 0.5) is 13.2 Å². The molecule has 0 unspecified atom stereocenters. The van der Waals surface area contributed by atoms with Gasteiger partial charge < -0.3 is 0 Å². The monoisotopic (exact) mass is 392 g/mol. The van der Waals surface area contributed by atoms with Gasteiger partial charge in [0.1, 0.15) is 0 Å². The van der Waals surface area contributed by atoms with E-state index in [1.54, 1.807) is 6.92 Å². The zero-order chi connectivity index (χ0) is 20.9. The first-order valence-corrected chi connectivity index (χ1v) is 8.95. The highest BCUT2D eigenvalue weighted by Crippen LogP contribution is 2.31. The van der Waals surface area contributed by atoms with E-state index in [4.69, 9.17) is 0 Å². The summed E-state index contributed by atoms with van der Waals surface area (Å²) in [5, 5.41) is 0. The molecule has 2 aromatic rings. The van der Waals surface area contributed by atoms with Crippen LogP contribution in [0.5, 0.6) is 0 Å². The first-order chi connectivity index (χ1) is 13.1. The van der Waals surface area contributed by atoms with Crippen molar-refractivity contribution in [3.05, 3.63) is 70.8 Å². The summed E-state index contributed by atoms with van der Waals surface area (Å²) in [7, 11) is 0. The average molecular weight is 392 g/mol. The minimum atomic E-state index is -4.66. The summed E-state index contributed by atoms with van der Waals surface area (Å²) < 4.78 is 39.0. The molecule has 0 saturated carbocycles. The third-order valence-electron chi connectivity index (χ3n) is 4.29. The van der Waals surface area contributed by atoms with Crippen molar-refractivity contribution in [1.82, 2.24) is 10.9 Å². The van der Waals surface area contributed by atoms with Crippen LogP contribution in [0.15, 0.2) is 48.5 Å². The second-order valence-electron chi connectivity index (χ2n) is 7.05. The summed E-state index contributed by atoms with van der Waals surface area (Å²) in [5.41, 5.74) is 4.55. The summed E-state index contributed by atoms with van der Waals surface area (Å²) in [6, 6.07) is 12.0. The van der Waals surface area contributed by atoms with Gasteiger partial charge in [0, 0.05) is 0 Å². The predicted molar refractivity (Wildman–Crippen MR) is 100 cm³/mol. The van der Waals surface area contributed by atoms with E-state index in [1.807, 2.05) is 24.3 Å². The number of amides is 2. The van der Waals surface area contributed by atoms with Crippen LogP contribution in [0.1, 0.15) is 53.7 Å². The molecule has 150 valence electrons. The SMILES string of the molecule is CC(C)Cc1ccc([C@H](C)C(=O)NNC(=O)c2ccccc2C(F)(F)F)cc1. The molecule has 0 radical (unpaired) electrons. The molecule has 0 aliphatic rings. The second kappa shape index (κ2) is 8.91. The number of carbonyl (C=O) groups is 2. The predicted octanol–water partition coefficient (Wildman–Crippen LogP) is 4.47. The van der Waals surface area contributed by atoms with Crippen LogP contribution < -0.4 is 10.9 Å². The molecule has 0 aliphatic heterocycles. The molecular weight excluding hydrogens is 369 g/mol. The topological polar surface area (TPSA) is 58.2 Å². The third-order valence-corrected chi connectivity index (χ3v) is 4.29. The zero-order valence-electron chi connectivity index (χ0n) is 15.9. The van der Waals surface area contributed by atoms with Gasteiger partial charge in [0.15, 0.2) is 0 Å². The summed E-state index contributed by atoms with van der Waals surface area (Å²) in [4.78, 5) is 24.4. The minimum absolute atomic E-state index is 0.515. The van der Waals surface area contributed by atoms with Gasteiger partial charge in [0.2, 0.25) is 5.91 Å². The van der Waals surface area contributed by atoms with Crippen molar-refractivity contribution in [2.75, 3.05) is 0 Å². The number of hydrogen-bond acceptors (Lipinski definition) is 2. The van der Waals surface area contributed by atoms with Gasteiger partial charge in [-0.25, -0.2) is 0 Å². The molecule has 0 heterocycles. The Morgan fingerprint density at radius 2 is 1.54 bits per heavy atom. The van der Waals surface area contributed by atoms with Gasteiger partial charge in [-0.2, -0.15) is 13.2 Å². The third kappa shape index (κ3) is 5.58. The Morgan fingerprint density at radius 1 is 0.929 bits per heavy atom. The van der Waals surface area contributed by atoms with Crippen molar-refractivity contribution in [2.45, 2.75) is 39.3 Å². The lowest BCUT2D eigenvalue weighted by molar-refractivity contribution is -0.137. The molecule has 0 aromatic heterocycles. The lowest BCUT2D eigenvalue weighted by Gasteiger charge is -2.16. The maximum absolute atomic E-state index is 13.0. The van der Waals surface area contributed by atoms with Gasteiger partial charge in [0.25, 0.3) is 5.91 Å². The van der Waals surface area contributed by atoms with Crippen LogP contribution in [0.3, 0.4) is 0 Å². The number of hydrogen-bond donors (Lipinski definition) is 2. The molecule has 1 atom stereocenters. The second-order valence-corrected chi connectivity index (χ2v) is 7.05. The number of alkyl halides is 3. The highest BCUT2D eigenvalue weighted by atomic mass is 19.4. The van der Waals surface area contributed by atoms with Crippen molar-refractivity contribution in [3.63, 3.8) is 0 Å². The number of rotatable bonds is 5. The molecule has 4 nitrogen and oxygen atoms in total. The average Bonchev–Trinajstić information content (AvgIpc) is 2.64. The molecule has 7 heteroatoms. The van der Waals surface area contributed by atoms with Crippen molar-refractivity contribution in [3.8, 4) is 0 Å². The van der Waals surface area contributed by atoms with Crippen molar-refractivity contribution < 1.29 is 22.8 Å². The largest absolute Gasteiger partial charge is 0.417 e. The summed E-state index contributed by atoms with van der Waals surface area (Å²) in [6.07, 6.45) is -3.74. The molecule has 2 aromatic carbocycles. The Kier molecular flexibility index (Phi) is 6.83. The van der Waals surface area contributed by atoms with E-state index >= 15 is 0 Å². The van der Waals surface area contributed by atoms with Crippen LogP contribution in [0, 0.1) is 5.92 Å². The molecule has 0 spiro atoms. The van der Waals surface area contributed by atoms with E-state index < -0.39 is 35.0 Å². The number of carbonyl (C=O) groups excluding carboxylic acids is 2. The Balaban J connectivity index is 2.01. The maximum atomic E-state index is 13.0. The van der Waals surface area contributed by atoms with E-state index in [9.17, 15) is 22.8 Å². The normalized spacial score (nSPS) is 12.5. The van der Waals surface area contributed by atoms with Crippen molar-refractivity contribution in [2.24, 2.45) is 5.92 Å². The molecule has 2 rings (SSSR count). The summed E-state index contributed by atoms with van der Waals surface area (Å²) in [5.74, 6) is -1.61. The molecule has 0 bridgehead atoms. The van der Waals surface area contributed by atoms with E-state index in [0.717, 1.165) is 29.7 Å². The van der Waals surface area contributed by atoms with Crippen LogP contribution in [0.2, 0.25) is 0 Å². The lowest BCUT2D eigenvalue weighted by atomic mass is 9.96. The van der Waals surface area contributed by atoms with Crippen LogP contribution >= 0.6 is 0 Å². The molecule has 28 heavy (non-hydrogen) atoms. The van der Waals surface area contributed by atoms with Crippen LogP contribution in [0.25, 0.3) is 0 Å². The van der Waals surface area contributed by atoms with Crippen LogP contribution in [-0.4, -0.2) is 11.8 Å². The Bertz CT molecular complexity index is 830. The molecule has 0 aliphatic carbocycles. The molecular formula is C21H23F3N2O2. The standard InChI is InChI=1S/C21H23F3N2O2/c1-13(2)12-15-8-10-16(11-9-15)14(3)19(27)25-26-20(28)17-6-4-5-7-18(17)21(22,23)24/h4-11,13-14H,12H2,1-3H3,(H,25,27)(H,26,28)/t14-/m0/s1. The molecule has 0 saturated heterocycles. The van der Waals surface area contributed by atoms with Crippen molar-refractivity contribution in [1.29, 1.82) is 0 Å². The Labute approximate surface area is 162 Å². The van der Waals surface area contributed by atoms with Gasteiger partial charge >= 0.3 is 6.18 Å². The highest BCUT2D eigenvalue weighted by molar-refractivity contribution is 5.97. The van der Waals surface area contributed by atoms with Crippen LogP contribution in [-0.2, 0) is 17.4 Å². The minimum Gasteiger partial charge on any atom is -0.273 e. The van der Waals surface area contributed by atoms with E-state index in [2.05, 4.69) is 24.7 Å². The van der Waals surface area contributed by atoms with Gasteiger partial charge in [0.05, 0.1) is 17.0 Å². The Morgan fingerprint density at radius 3 is 2.11 bits per heavy atom. The molecule has 0 fully saturated rings. The maximum Gasteiger partial charge on any atom is 0.417 e. The lowest BCUT2D eigenvalue weighted by Crippen LogP contribution is -2.44. The number of halogens is 3. The first-order valence-electron chi connectivity index (χ1n) is 8.95. The fourth-order valence-electron chi connectivity index (χ4n) is 2.79. The van der Waals surface area contributed by atoms with Gasteiger partial charge in [-0.05, 0) is 42.5 Å². The first kappa shape index (κ1) is 21.5. The van der Waals surface area contributed by atoms with Gasteiger partial charge in [-0.1, -0.05) is 50.2 Å². The van der Waals surface area contributed by atoms with E-state index in [1.165, 1.54) is 12.1 Å². The summed E-state index contributed by atoms with van der Waals surface area (Å²) in [6.45, 7) is 5.88. The number of benzene rings is 2. The smallest absolute Gasteiger partial charge is 0.273 e. The molecule has 2 amide bonds.